The summed E-state index contributed by atoms with van der Waals surface area (Å²) >= 11 is 0. The van der Waals surface area contributed by atoms with Gasteiger partial charge in [-0.3, -0.25) is 9.59 Å². The normalized spacial score (nSPS) is 15.1. The number of hydrogen-bond donors (Lipinski definition) is 2. The highest BCUT2D eigenvalue weighted by Crippen LogP contribution is 2.34. The Kier molecular flexibility index (Phi) is 15.6. The monoisotopic (exact) mass is 551 g/mol. The molecule has 2 aromatic carbocycles. The van der Waals surface area contributed by atoms with Crippen LogP contribution >= 0.6 is 0 Å². The number of carbonyl (C=O) groups excluding carboxylic acids is 1. The Morgan fingerprint density at radius 1 is 0.825 bits per heavy atom. The van der Waals surface area contributed by atoms with E-state index in [2.05, 4.69) is 75.4 Å². The van der Waals surface area contributed by atoms with Gasteiger partial charge < -0.3 is 15.1 Å². The number of aliphatic carboxylic acids is 1. The van der Waals surface area contributed by atoms with Gasteiger partial charge in [-0.1, -0.05) is 107 Å². The van der Waals surface area contributed by atoms with Gasteiger partial charge in [-0.05, 0) is 66.9 Å². The van der Waals surface area contributed by atoms with Crippen LogP contribution in [-0.2, 0) is 9.59 Å². The molecule has 222 valence electrons. The number of carboxylic acids is 1. The molecule has 0 aromatic heterocycles. The minimum absolute atomic E-state index is 0.00609. The summed E-state index contributed by atoms with van der Waals surface area (Å²) in [7, 11) is 1.64. The van der Waals surface area contributed by atoms with Gasteiger partial charge in [0.15, 0.2) is 0 Å². The van der Waals surface area contributed by atoms with Gasteiger partial charge in [0.1, 0.15) is 0 Å². The molecule has 0 bridgehead atoms. The van der Waals surface area contributed by atoms with E-state index in [-0.39, 0.29) is 31.4 Å². The molecule has 0 saturated heterocycles. The average molecular weight is 552 g/mol. The number of amides is 1. The van der Waals surface area contributed by atoms with Crippen molar-refractivity contribution < 1.29 is 19.8 Å². The summed E-state index contributed by atoms with van der Waals surface area (Å²) in [4.78, 5) is 26.7. The summed E-state index contributed by atoms with van der Waals surface area (Å²) in [6.07, 6.45) is 9.02. The van der Waals surface area contributed by atoms with Gasteiger partial charge in [-0.2, -0.15) is 0 Å². The van der Waals surface area contributed by atoms with Crippen LogP contribution in [0.5, 0.6) is 0 Å². The van der Waals surface area contributed by atoms with Crippen LogP contribution in [0.2, 0.25) is 0 Å². The van der Waals surface area contributed by atoms with Crippen LogP contribution in [0.1, 0.15) is 108 Å². The molecule has 1 amide bonds. The van der Waals surface area contributed by atoms with Gasteiger partial charge in [-0.15, -0.1) is 0 Å². The highest BCUT2D eigenvalue weighted by atomic mass is 16.4. The fourth-order valence-corrected chi connectivity index (χ4v) is 6.08. The van der Waals surface area contributed by atoms with Crippen LogP contribution in [0.25, 0.3) is 0 Å². The molecule has 0 aliphatic rings. The number of aliphatic hydroxyl groups excluding tert-OH is 1. The maximum atomic E-state index is 12.8. The second kappa shape index (κ2) is 18.6. The van der Waals surface area contributed by atoms with Crippen molar-refractivity contribution in [2.45, 2.75) is 96.8 Å². The van der Waals surface area contributed by atoms with Crippen molar-refractivity contribution >= 4 is 11.9 Å². The van der Waals surface area contributed by atoms with E-state index in [4.69, 9.17) is 0 Å². The van der Waals surface area contributed by atoms with Crippen molar-refractivity contribution in [3.63, 3.8) is 0 Å². The lowest BCUT2D eigenvalue weighted by Gasteiger charge is -2.27. The van der Waals surface area contributed by atoms with Crippen molar-refractivity contribution in [3.05, 3.63) is 71.8 Å². The van der Waals surface area contributed by atoms with Crippen LogP contribution in [0.15, 0.2) is 60.7 Å². The first-order chi connectivity index (χ1) is 19.3. The summed E-state index contributed by atoms with van der Waals surface area (Å²) in [5.41, 5.74) is 2.72. The highest BCUT2D eigenvalue weighted by molar-refractivity contribution is 5.82. The van der Waals surface area contributed by atoms with E-state index in [1.165, 1.54) is 16.0 Å². The maximum Gasteiger partial charge on any atom is 0.307 e. The quantitative estimate of drug-likeness (QED) is 0.175. The Morgan fingerprint density at radius 3 is 1.93 bits per heavy atom. The molecule has 2 N–H and O–H groups in total. The molecular weight excluding hydrogens is 498 g/mol. The summed E-state index contributed by atoms with van der Waals surface area (Å²) in [5.74, 6) is -0.263. The highest BCUT2D eigenvalue weighted by Gasteiger charge is 2.31. The van der Waals surface area contributed by atoms with Crippen molar-refractivity contribution in [1.82, 2.24) is 4.90 Å². The molecule has 0 saturated carbocycles. The number of carbonyl (C=O) groups is 2. The predicted octanol–water partition coefficient (Wildman–Crippen LogP) is 7.90. The van der Waals surface area contributed by atoms with Crippen molar-refractivity contribution in [3.8, 4) is 0 Å². The largest absolute Gasteiger partial charge is 0.481 e. The van der Waals surface area contributed by atoms with E-state index < -0.39 is 11.9 Å². The van der Waals surface area contributed by atoms with Crippen LogP contribution in [-0.4, -0.2) is 47.2 Å². The van der Waals surface area contributed by atoms with Crippen molar-refractivity contribution in [1.29, 1.82) is 0 Å². The lowest BCUT2D eigenvalue weighted by molar-refractivity contribution is -0.148. The molecule has 40 heavy (non-hydrogen) atoms. The maximum absolute atomic E-state index is 12.8. The second-order valence-electron chi connectivity index (χ2n) is 11.6. The summed E-state index contributed by atoms with van der Waals surface area (Å²) in [6, 6.07) is 21.2. The number of carboxylic acid groups (broad SMARTS) is 1. The van der Waals surface area contributed by atoms with Crippen molar-refractivity contribution in [2.75, 3.05) is 20.2 Å². The number of aliphatic hydroxyl groups is 1. The minimum Gasteiger partial charge on any atom is -0.481 e. The Morgan fingerprint density at radius 2 is 1.40 bits per heavy atom. The van der Waals surface area contributed by atoms with Crippen LogP contribution in [0.4, 0.5) is 0 Å². The zero-order valence-electron chi connectivity index (χ0n) is 25.3. The van der Waals surface area contributed by atoms with Gasteiger partial charge >= 0.3 is 5.97 Å². The van der Waals surface area contributed by atoms with E-state index in [9.17, 15) is 19.8 Å². The van der Waals surface area contributed by atoms with Crippen LogP contribution in [0.3, 0.4) is 0 Å². The molecule has 2 aromatic rings. The zero-order chi connectivity index (χ0) is 29.3. The molecule has 0 fully saturated rings. The summed E-state index contributed by atoms with van der Waals surface area (Å²) < 4.78 is 0. The van der Waals surface area contributed by atoms with E-state index in [0.717, 1.165) is 57.8 Å². The van der Waals surface area contributed by atoms with Gasteiger partial charge in [0, 0.05) is 20.0 Å². The molecule has 2 rings (SSSR count). The van der Waals surface area contributed by atoms with Crippen molar-refractivity contribution in [2.24, 2.45) is 17.8 Å². The molecule has 0 aliphatic carbocycles. The first-order valence-electron chi connectivity index (χ1n) is 15.5. The van der Waals surface area contributed by atoms with E-state index >= 15 is 0 Å². The first-order valence-corrected chi connectivity index (χ1v) is 15.5. The van der Waals surface area contributed by atoms with E-state index in [1.807, 2.05) is 6.07 Å². The third-order valence-electron chi connectivity index (χ3n) is 8.87. The SMILES string of the molecule is CCC(CCCC(CCCC(C)c1ccccc1)C(CC(=O)N(C)CCO)C(=O)O)CC(CC)c1ccccc1. The molecule has 5 atom stereocenters. The Balaban J connectivity index is 2.06. The number of nitrogens with zero attached hydrogens (tertiary/aromatic N) is 1. The number of likely N-dealkylation sites (N-methyl/N-ethyl adjacent to an activating group) is 1. The smallest absolute Gasteiger partial charge is 0.307 e. The third kappa shape index (κ3) is 11.4. The molecule has 0 spiro atoms. The second-order valence-corrected chi connectivity index (χ2v) is 11.6. The van der Waals surface area contributed by atoms with Gasteiger partial charge in [0.2, 0.25) is 5.91 Å². The fourth-order valence-electron chi connectivity index (χ4n) is 6.08. The standard InChI is InChI=1S/C35H53NO4/c1-5-28(25-29(6-2)31-19-11-8-12-20-31)16-14-22-32(21-13-15-27(3)30-17-9-7-10-18-30)33(35(39)40)26-34(38)36(4)23-24-37/h7-12,17-20,27-29,32-33,37H,5-6,13-16,21-26H2,1-4H3,(H,39,40). The molecule has 5 unspecified atom stereocenters. The van der Waals surface area contributed by atoms with Crippen LogP contribution < -0.4 is 0 Å². The third-order valence-corrected chi connectivity index (χ3v) is 8.87. The molecule has 0 radical (unpaired) electrons. The first kappa shape index (κ1) is 33.5. The fraction of sp³-hybridized carbons (Fsp3) is 0.600. The Hall–Kier alpha value is -2.66. The minimum atomic E-state index is -0.881. The predicted molar refractivity (Wildman–Crippen MR) is 164 cm³/mol. The molecule has 0 aliphatic heterocycles. The average Bonchev–Trinajstić information content (AvgIpc) is 2.97. The summed E-state index contributed by atoms with van der Waals surface area (Å²) in [6.45, 7) is 6.86. The lowest BCUT2D eigenvalue weighted by Crippen LogP contribution is -2.35. The van der Waals surface area contributed by atoms with E-state index in [0.29, 0.717) is 17.8 Å². The number of rotatable bonds is 20. The van der Waals surface area contributed by atoms with Gasteiger partial charge in [-0.25, -0.2) is 0 Å². The van der Waals surface area contributed by atoms with E-state index in [1.54, 1.807) is 7.05 Å². The molecule has 5 nitrogen and oxygen atoms in total. The van der Waals surface area contributed by atoms with Crippen LogP contribution in [0, 0.1) is 17.8 Å². The van der Waals surface area contributed by atoms with Gasteiger partial charge in [0.05, 0.1) is 12.5 Å². The van der Waals surface area contributed by atoms with Gasteiger partial charge in [0.25, 0.3) is 0 Å². The molecule has 5 heteroatoms. The number of hydrogen-bond acceptors (Lipinski definition) is 3. The number of benzene rings is 2. The molecular formula is C35H53NO4. The summed E-state index contributed by atoms with van der Waals surface area (Å²) in [5, 5.41) is 19.4. The molecule has 0 heterocycles. The Labute approximate surface area is 243 Å². The Bertz CT molecular complexity index is 964. The zero-order valence-corrected chi connectivity index (χ0v) is 25.3. The lowest BCUT2D eigenvalue weighted by atomic mass is 9.79. The topological polar surface area (TPSA) is 77.8 Å².